The lowest BCUT2D eigenvalue weighted by Crippen LogP contribution is -2.28. The molecule has 0 saturated carbocycles. The van der Waals surface area contributed by atoms with Crippen molar-refractivity contribution in [2.75, 3.05) is 18.5 Å². The summed E-state index contributed by atoms with van der Waals surface area (Å²) in [4.78, 5) is 40.2. The van der Waals surface area contributed by atoms with Crippen molar-refractivity contribution in [1.29, 1.82) is 0 Å². The molecule has 0 radical (unpaired) electrons. The number of rotatable bonds is 7. The molecule has 1 aromatic carbocycles. The summed E-state index contributed by atoms with van der Waals surface area (Å²) >= 11 is 0. The molecule has 142 valence electrons. The molecular formula is C20H23N3O4. The standard InChI is InChI=1S/C20H23N3O4/c1-4-27-20(26)14-5-7-16(8-6-14)23-18(24)15-9-10-21-17(11-15)19(25)22-12-13(2)3/h5-11,13H,4,12H2,1-3H3,(H,22,25)(H,23,24). The van der Waals surface area contributed by atoms with Gasteiger partial charge in [-0.15, -0.1) is 0 Å². The lowest BCUT2D eigenvalue weighted by Gasteiger charge is -2.09. The summed E-state index contributed by atoms with van der Waals surface area (Å²) in [6, 6.07) is 9.35. The van der Waals surface area contributed by atoms with Crippen LogP contribution in [0.1, 0.15) is 52.0 Å². The summed E-state index contributed by atoms with van der Waals surface area (Å²) in [7, 11) is 0. The molecule has 0 aliphatic rings. The van der Waals surface area contributed by atoms with Crippen LogP contribution in [0.4, 0.5) is 5.69 Å². The first kappa shape index (κ1) is 20.1. The molecule has 1 heterocycles. The van der Waals surface area contributed by atoms with E-state index < -0.39 is 5.97 Å². The van der Waals surface area contributed by atoms with Crippen LogP contribution in [0.3, 0.4) is 0 Å². The zero-order chi connectivity index (χ0) is 19.8. The minimum atomic E-state index is -0.415. The fourth-order valence-corrected chi connectivity index (χ4v) is 2.19. The topological polar surface area (TPSA) is 97.4 Å². The van der Waals surface area contributed by atoms with Crippen LogP contribution in [-0.4, -0.2) is 35.9 Å². The maximum Gasteiger partial charge on any atom is 0.338 e. The van der Waals surface area contributed by atoms with Crippen molar-refractivity contribution in [3.8, 4) is 0 Å². The van der Waals surface area contributed by atoms with Gasteiger partial charge in [-0.1, -0.05) is 13.8 Å². The summed E-state index contributed by atoms with van der Waals surface area (Å²) in [6.45, 7) is 6.55. The predicted molar refractivity (Wildman–Crippen MR) is 102 cm³/mol. The highest BCUT2D eigenvalue weighted by Crippen LogP contribution is 2.13. The van der Waals surface area contributed by atoms with Gasteiger partial charge in [0.15, 0.2) is 0 Å². The number of ether oxygens (including phenoxy) is 1. The normalized spacial score (nSPS) is 10.4. The van der Waals surface area contributed by atoms with Gasteiger partial charge in [-0.2, -0.15) is 0 Å². The van der Waals surface area contributed by atoms with E-state index in [4.69, 9.17) is 4.74 Å². The first-order valence-corrected chi connectivity index (χ1v) is 8.73. The van der Waals surface area contributed by atoms with E-state index >= 15 is 0 Å². The molecule has 7 heteroatoms. The number of esters is 1. The maximum atomic E-state index is 12.4. The SMILES string of the molecule is CCOC(=O)c1ccc(NC(=O)c2ccnc(C(=O)NCC(C)C)c2)cc1. The third-order valence-corrected chi connectivity index (χ3v) is 3.58. The van der Waals surface area contributed by atoms with Crippen LogP contribution in [0.5, 0.6) is 0 Å². The van der Waals surface area contributed by atoms with Crippen molar-refractivity contribution in [3.63, 3.8) is 0 Å². The minimum absolute atomic E-state index is 0.181. The van der Waals surface area contributed by atoms with Gasteiger partial charge in [0.05, 0.1) is 12.2 Å². The average molecular weight is 369 g/mol. The first-order valence-electron chi connectivity index (χ1n) is 8.73. The van der Waals surface area contributed by atoms with Gasteiger partial charge in [0, 0.05) is 24.0 Å². The number of nitrogens with zero attached hydrogens (tertiary/aromatic N) is 1. The molecule has 1 aromatic heterocycles. The summed E-state index contributed by atoms with van der Waals surface area (Å²) in [6.07, 6.45) is 1.42. The zero-order valence-corrected chi connectivity index (χ0v) is 15.6. The number of hydrogen-bond donors (Lipinski definition) is 2. The van der Waals surface area contributed by atoms with E-state index in [1.165, 1.54) is 18.3 Å². The Hall–Kier alpha value is -3.22. The fraction of sp³-hybridized carbons (Fsp3) is 0.300. The Morgan fingerprint density at radius 2 is 1.74 bits per heavy atom. The minimum Gasteiger partial charge on any atom is -0.462 e. The van der Waals surface area contributed by atoms with Crippen molar-refractivity contribution in [2.24, 2.45) is 5.92 Å². The van der Waals surface area contributed by atoms with Crippen molar-refractivity contribution in [3.05, 3.63) is 59.4 Å². The van der Waals surface area contributed by atoms with Gasteiger partial charge in [-0.3, -0.25) is 14.6 Å². The second-order valence-corrected chi connectivity index (χ2v) is 6.29. The lowest BCUT2D eigenvalue weighted by molar-refractivity contribution is 0.0526. The Labute approximate surface area is 158 Å². The Morgan fingerprint density at radius 1 is 1.04 bits per heavy atom. The molecule has 0 fully saturated rings. The molecule has 0 atom stereocenters. The second-order valence-electron chi connectivity index (χ2n) is 6.29. The summed E-state index contributed by atoms with van der Waals surface area (Å²) in [5, 5.41) is 5.49. The highest BCUT2D eigenvalue weighted by Gasteiger charge is 2.13. The molecule has 0 saturated heterocycles. The molecule has 0 unspecified atom stereocenters. The number of pyridine rings is 1. The lowest BCUT2D eigenvalue weighted by atomic mass is 10.1. The van der Waals surface area contributed by atoms with E-state index in [1.54, 1.807) is 31.2 Å². The van der Waals surface area contributed by atoms with Crippen LogP contribution in [-0.2, 0) is 4.74 Å². The third-order valence-electron chi connectivity index (χ3n) is 3.58. The number of nitrogens with one attached hydrogen (secondary N) is 2. The van der Waals surface area contributed by atoms with Gasteiger partial charge < -0.3 is 15.4 Å². The number of carbonyl (C=O) groups is 3. The monoisotopic (exact) mass is 369 g/mol. The Kier molecular flexibility index (Phi) is 7.05. The number of hydrogen-bond acceptors (Lipinski definition) is 5. The molecular weight excluding hydrogens is 346 g/mol. The van der Waals surface area contributed by atoms with Gasteiger partial charge in [0.1, 0.15) is 5.69 Å². The van der Waals surface area contributed by atoms with E-state index in [-0.39, 0.29) is 17.5 Å². The molecule has 2 amide bonds. The van der Waals surface area contributed by atoms with Crippen LogP contribution in [0.15, 0.2) is 42.6 Å². The average Bonchev–Trinajstić information content (AvgIpc) is 2.67. The molecule has 0 aliphatic heterocycles. The summed E-state index contributed by atoms with van der Waals surface area (Å²) in [5.41, 5.74) is 1.42. The zero-order valence-electron chi connectivity index (χ0n) is 15.6. The summed E-state index contributed by atoms with van der Waals surface area (Å²) in [5.74, 6) is -0.795. The Bertz CT molecular complexity index is 816. The van der Waals surface area contributed by atoms with E-state index in [0.29, 0.717) is 35.9 Å². The quantitative estimate of drug-likeness (QED) is 0.732. The van der Waals surface area contributed by atoms with Gasteiger partial charge in [-0.05, 0) is 49.2 Å². The molecule has 27 heavy (non-hydrogen) atoms. The van der Waals surface area contributed by atoms with Gasteiger partial charge >= 0.3 is 5.97 Å². The van der Waals surface area contributed by atoms with E-state index in [1.807, 2.05) is 13.8 Å². The van der Waals surface area contributed by atoms with E-state index in [0.717, 1.165) is 0 Å². The summed E-state index contributed by atoms with van der Waals surface area (Å²) < 4.78 is 4.92. The highest BCUT2D eigenvalue weighted by atomic mass is 16.5. The first-order chi connectivity index (χ1) is 12.9. The molecule has 0 spiro atoms. The van der Waals surface area contributed by atoms with E-state index in [9.17, 15) is 14.4 Å². The number of anilines is 1. The Morgan fingerprint density at radius 3 is 2.37 bits per heavy atom. The van der Waals surface area contributed by atoms with Gasteiger partial charge in [0.2, 0.25) is 0 Å². The van der Waals surface area contributed by atoms with Crippen LogP contribution in [0.25, 0.3) is 0 Å². The highest BCUT2D eigenvalue weighted by molar-refractivity contribution is 6.05. The van der Waals surface area contributed by atoms with Crippen molar-refractivity contribution >= 4 is 23.5 Å². The fourth-order valence-electron chi connectivity index (χ4n) is 2.19. The maximum absolute atomic E-state index is 12.4. The molecule has 2 aromatic rings. The third kappa shape index (κ3) is 5.91. The predicted octanol–water partition coefficient (Wildman–Crippen LogP) is 2.90. The number of benzene rings is 1. The van der Waals surface area contributed by atoms with Crippen molar-refractivity contribution < 1.29 is 19.1 Å². The molecule has 0 aliphatic carbocycles. The van der Waals surface area contributed by atoms with Gasteiger partial charge in [0.25, 0.3) is 11.8 Å². The number of carbonyl (C=O) groups excluding carboxylic acids is 3. The van der Waals surface area contributed by atoms with Crippen LogP contribution < -0.4 is 10.6 Å². The van der Waals surface area contributed by atoms with Crippen LogP contribution >= 0.6 is 0 Å². The van der Waals surface area contributed by atoms with Crippen LogP contribution in [0, 0.1) is 5.92 Å². The largest absolute Gasteiger partial charge is 0.462 e. The smallest absolute Gasteiger partial charge is 0.338 e. The number of aromatic nitrogens is 1. The van der Waals surface area contributed by atoms with E-state index in [2.05, 4.69) is 15.6 Å². The molecule has 7 nitrogen and oxygen atoms in total. The number of amides is 2. The second kappa shape index (κ2) is 9.47. The molecule has 0 bridgehead atoms. The van der Waals surface area contributed by atoms with Crippen LogP contribution in [0.2, 0.25) is 0 Å². The molecule has 2 N–H and O–H groups in total. The van der Waals surface area contributed by atoms with Crippen molar-refractivity contribution in [2.45, 2.75) is 20.8 Å². The molecule has 2 rings (SSSR count). The van der Waals surface area contributed by atoms with Gasteiger partial charge in [-0.25, -0.2) is 4.79 Å². The van der Waals surface area contributed by atoms with Crippen molar-refractivity contribution in [1.82, 2.24) is 10.3 Å². The Balaban J connectivity index is 2.04.